The van der Waals surface area contributed by atoms with Crippen molar-refractivity contribution in [1.82, 2.24) is 25.1 Å². The normalized spacial score (nSPS) is 29.0. The Bertz CT molecular complexity index is 698. The van der Waals surface area contributed by atoms with Crippen LogP contribution in [0.15, 0.2) is 5.16 Å². The molecular formula is C11H14N6O5S2. The Morgan fingerprint density at radius 2 is 2.21 bits per heavy atom. The largest absolute Gasteiger partial charge is 0.481 e. The number of hydrogen-bond donors (Lipinski definition) is 3. The maximum atomic E-state index is 11.8. The fourth-order valence-corrected chi connectivity index (χ4v) is 5.22. The molecule has 1 aromatic heterocycles. The van der Waals surface area contributed by atoms with Gasteiger partial charge in [-0.3, -0.25) is 14.4 Å². The molecule has 2 saturated heterocycles. The van der Waals surface area contributed by atoms with E-state index < -0.39 is 29.9 Å². The highest BCUT2D eigenvalue weighted by molar-refractivity contribution is 8.00. The van der Waals surface area contributed by atoms with Gasteiger partial charge in [-0.15, -0.1) is 16.9 Å². The second-order valence-electron chi connectivity index (χ2n) is 5.58. The van der Waals surface area contributed by atoms with E-state index in [1.54, 1.807) is 0 Å². The number of aliphatic carboxylic acids is 2. The molecule has 0 aliphatic carbocycles. The first-order chi connectivity index (χ1) is 11.3. The first-order valence-electron chi connectivity index (χ1n) is 6.86. The maximum Gasteiger partial charge on any atom is 0.325 e. The minimum Gasteiger partial charge on any atom is -0.481 e. The van der Waals surface area contributed by atoms with E-state index in [2.05, 4.69) is 15.5 Å². The molecule has 3 rings (SSSR count). The molecule has 11 nitrogen and oxygen atoms in total. The highest BCUT2D eigenvalue weighted by Gasteiger charge is 2.55. The van der Waals surface area contributed by atoms with E-state index >= 15 is 0 Å². The standard InChI is InChI=1S/C11H14N6O5S2/c12-6-7(20)16-2-11(9(21)22,3-23-8(6)16)4-24-10-13-14-15-17(10)1-5(18)19/h6,8H,1-4,12H2,(H,18,19)(H,21,22)/t6?,8-,11?/m1/s1. The maximum absolute atomic E-state index is 11.8. The highest BCUT2D eigenvalue weighted by atomic mass is 32.2. The van der Waals surface area contributed by atoms with E-state index in [9.17, 15) is 19.5 Å². The molecule has 0 saturated carbocycles. The van der Waals surface area contributed by atoms with Gasteiger partial charge in [0, 0.05) is 18.1 Å². The summed E-state index contributed by atoms with van der Waals surface area (Å²) in [6.45, 7) is -0.342. The van der Waals surface area contributed by atoms with Crippen LogP contribution >= 0.6 is 23.5 Å². The molecule has 2 fully saturated rings. The summed E-state index contributed by atoms with van der Waals surface area (Å²) in [6, 6.07) is -0.572. The molecule has 3 atom stereocenters. The summed E-state index contributed by atoms with van der Waals surface area (Å²) in [5, 5.41) is 29.2. The number of tetrazole rings is 1. The molecule has 0 aromatic carbocycles. The molecule has 2 aliphatic heterocycles. The summed E-state index contributed by atoms with van der Waals surface area (Å²) in [5.74, 6) is -1.96. The summed E-state index contributed by atoms with van der Waals surface area (Å²) in [7, 11) is 0. The number of β-lactam (4-membered cyclic amide) rings is 1. The van der Waals surface area contributed by atoms with Crippen LogP contribution in [0.2, 0.25) is 0 Å². The number of carboxylic acids is 2. The van der Waals surface area contributed by atoms with Crippen molar-refractivity contribution >= 4 is 41.4 Å². The Hall–Kier alpha value is -1.86. The Labute approximate surface area is 143 Å². The smallest absolute Gasteiger partial charge is 0.325 e. The minimum absolute atomic E-state index is 0.0695. The van der Waals surface area contributed by atoms with Crippen LogP contribution in [0.3, 0.4) is 0 Å². The van der Waals surface area contributed by atoms with Crippen molar-refractivity contribution in [2.24, 2.45) is 11.1 Å². The van der Waals surface area contributed by atoms with Gasteiger partial charge in [-0.2, -0.15) is 0 Å². The monoisotopic (exact) mass is 374 g/mol. The quantitative estimate of drug-likeness (QED) is 0.378. The number of nitrogens with two attached hydrogens (primary N) is 1. The van der Waals surface area contributed by atoms with Gasteiger partial charge in [0.15, 0.2) is 0 Å². The van der Waals surface area contributed by atoms with Crippen molar-refractivity contribution in [2.45, 2.75) is 23.1 Å². The van der Waals surface area contributed by atoms with Crippen LogP contribution in [-0.4, -0.2) is 82.6 Å². The van der Waals surface area contributed by atoms with E-state index in [0.29, 0.717) is 5.75 Å². The average molecular weight is 374 g/mol. The van der Waals surface area contributed by atoms with Gasteiger partial charge in [0.1, 0.15) is 23.4 Å². The zero-order chi connectivity index (χ0) is 17.5. The molecule has 24 heavy (non-hydrogen) atoms. The molecule has 0 bridgehead atoms. The van der Waals surface area contributed by atoms with Crippen molar-refractivity contribution in [3.63, 3.8) is 0 Å². The third-order valence-electron chi connectivity index (χ3n) is 3.90. The number of amides is 1. The number of carboxylic acid groups (broad SMARTS) is 2. The summed E-state index contributed by atoms with van der Waals surface area (Å²) in [4.78, 5) is 35.9. The number of carbonyl (C=O) groups excluding carboxylic acids is 1. The van der Waals surface area contributed by atoms with E-state index in [0.717, 1.165) is 16.4 Å². The molecule has 2 aliphatic rings. The second-order valence-corrected chi connectivity index (χ2v) is 7.63. The molecule has 2 unspecified atom stereocenters. The topological polar surface area (TPSA) is 165 Å². The Balaban J connectivity index is 1.72. The highest BCUT2D eigenvalue weighted by Crippen LogP contribution is 2.43. The van der Waals surface area contributed by atoms with Crippen molar-refractivity contribution in [3.8, 4) is 0 Å². The van der Waals surface area contributed by atoms with Crippen LogP contribution in [0.1, 0.15) is 0 Å². The zero-order valence-corrected chi connectivity index (χ0v) is 13.9. The van der Waals surface area contributed by atoms with Crippen molar-refractivity contribution in [3.05, 3.63) is 0 Å². The van der Waals surface area contributed by atoms with E-state index in [-0.39, 0.29) is 28.7 Å². The first kappa shape index (κ1) is 17.0. The zero-order valence-electron chi connectivity index (χ0n) is 12.2. The van der Waals surface area contributed by atoms with Gasteiger partial charge in [-0.05, 0) is 10.4 Å². The SMILES string of the molecule is NC1C(=O)N2CC(CSc3nnnn3CC(=O)O)(C(=O)O)CS[C@H]12. The molecule has 0 spiro atoms. The number of aromatic nitrogens is 4. The molecule has 130 valence electrons. The second kappa shape index (κ2) is 6.22. The van der Waals surface area contributed by atoms with Crippen LogP contribution in [-0.2, 0) is 20.9 Å². The van der Waals surface area contributed by atoms with Gasteiger partial charge in [0.2, 0.25) is 11.1 Å². The Morgan fingerprint density at radius 3 is 2.88 bits per heavy atom. The fourth-order valence-electron chi connectivity index (χ4n) is 2.54. The van der Waals surface area contributed by atoms with E-state index in [4.69, 9.17) is 10.8 Å². The molecule has 1 amide bonds. The fraction of sp³-hybridized carbons (Fsp3) is 0.636. The summed E-state index contributed by atoms with van der Waals surface area (Å²) in [5.41, 5.74) is 4.54. The number of hydrogen-bond acceptors (Lipinski definition) is 9. The number of carbonyl (C=O) groups is 3. The predicted molar refractivity (Wildman–Crippen MR) is 82.2 cm³/mol. The van der Waals surface area contributed by atoms with Crippen LogP contribution in [0.5, 0.6) is 0 Å². The number of thioether (sulfide) groups is 2. The lowest BCUT2D eigenvalue weighted by Crippen LogP contribution is -2.72. The molecule has 4 N–H and O–H groups in total. The molecular weight excluding hydrogens is 360 g/mol. The average Bonchev–Trinajstić information content (AvgIpc) is 2.98. The third kappa shape index (κ3) is 2.82. The van der Waals surface area contributed by atoms with Crippen molar-refractivity contribution in [1.29, 1.82) is 0 Å². The van der Waals surface area contributed by atoms with E-state index in [1.165, 1.54) is 16.7 Å². The van der Waals surface area contributed by atoms with Crippen LogP contribution in [0.4, 0.5) is 0 Å². The van der Waals surface area contributed by atoms with Gasteiger partial charge in [0.05, 0.1) is 0 Å². The first-order valence-corrected chi connectivity index (χ1v) is 8.89. The number of fused-ring (bicyclic) bond motifs is 1. The Kier molecular flexibility index (Phi) is 4.40. The minimum atomic E-state index is -1.17. The Morgan fingerprint density at radius 1 is 1.46 bits per heavy atom. The number of nitrogens with zero attached hydrogens (tertiary/aromatic N) is 5. The molecule has 0 radical (unpaired) electrons. The lowest BCUT2D eigenvalue weighted by Gasteiger charge is -2.52. The summed E-state index contributed by atoms with van der Waals surface area (Å²) >= 11 is 2.40. The van der Waals surface area contributed by atoms with Crippen LogP contribution in [0, 0.1) is 5.41 Å². The lowest BCUT2D eigenvalue weighted by molar-refractivity contribution is -0.155. The summed E-state index contributed by atoms with van der Waals surface area (Å²) < 4.78 is 1.09. The van der Waals surface area contributed by atoms with Gasteiger partial charge in [0.25, 0.3) is 0 Å². The van der Waals surface area contributed by atoms with Crippen LogP contribution in [0.25, 0.3) is 0 Å². The van der Waals surface area contributed by atoms with Gasteiger partial charge in [-0.1, -0.05) is 11.8 Å². The van der Waals surface area contributed by atoms with Gasteiger partial charge >= 0.3 is 11.9 Å². The molecule has 1 aromatic rings. The predicted octanol–water partition coefficient (Wildman–Crippen LogP) is -1.84. The molecule has 13 heteroatoms. The third-order valence-corrected chi connectivity index (χ3v) is 6.76. The van der Waals surface area contributed by atoms with Crippen molar-refractivity contribution < 1.29 is 24.6 Å². The summed E-state index contributed by atoms with van der Waals surface area (Å²) in [6.07, 6.45) is 0. The van der Waals surface area contributed by atoms with E-state index in [1.807, 2.05) is 0 Å². The molecule has 3 heterocycles. The van der Waals surface area contributed by atoms with Crippen LogP contribution < -0.4 is 5.73 Å². The number of rotatable bonds is 6. The van der Waals surface area contributed by atoms with Gasteiger partial charge in [-0.25, -0.2) is 4.68 Å². The van der Waals surface area contributed by atoms with Crippen molar-refractivity contribution in [2.75, 3.05) is 18.1 Å². The lowest BCUT2D eigenvalue weighted by atomic mass is 9.89. The van der Waals surface area contributed by atoms with Gasteiger partial charge < -0.3 is 20.8 Å².